The van der Waals surface area contributed by atoms with Gasteiger partial charge in [-0.25, -0.2) is 9.37 Å². The van der Waals surface area contributed by atoms with E-state index in [0.717, 1.165) is 31.3 Å². The summed E-state index contributed by atoms with van der Waals surface area (Å²) in [5.41, 5.74) is 1.95. The lowest BCUT2D eigenvalue weighted by Crippen LogP contribution is -2.62. The van der Waals surface area contributed by atoms with E-state index in [2.05, 4.69) is 44.3 Å². The number of benzene rings is 2. The second-order valence-corrected chi connectivity index (χ2v) is 8.91. The number of carbonyl (C=O) groups excluding carboxylic acids is 1. The molecule has 0 radical (unpaired) electrons. The molecule has 31 heavy (non-hydrogen) atoms. The summed E-state index contributed by atoms with van der Waals surface area (Å²) in [7, 11) is 0. The Balaban J connectivity index is 1.30. The minimum atomic E-state index is -0.308. The zero-order valence-corrected chi connectivity index (χ0v) is 17.6. The van der Waals surface area contributed by atoms with Crippen LogP contribution in [0.4, 0.5) is 4.39 Å². The zero-order valence-electron chi connectivity index (χ0n) is 17.6. The number of nitrogens with one attached hydrogen (secondary N) is 1. The van der Waals surface area contributed by atoms with Gasteiger partial charge in [0.05, 0.1) is 6.42 Å². The van der Waals surface area contributed by atoms with Gasteiger partial charge in [0.2, 0.25) is 5.91 Å². The second kappa shape index (κ2) is 7.89. The Labute approximate surface area is 181 Å². The van der Waals surface area contributed by atoms with Crippen molar-refractivity contribution in [2.24, 2.45) is 5.41 Å². The maximum absolute atomic E-state index is 13.5. The molecule has 7 heteroatoms. The molecule has 3 aromatic rings. The van der Waals surface area contributed by atoms with E-state index in [9.17, 15) is 9.18 Å². The minimum Gasteiger partial charge on any atom is -0.341 e. The van der Waals surface area contributed by atoms with Gasteiger partial charge in [0.25, 0.3) is 0 Å². The Morgan fingerprint density at radius 1 is 1.13 bits per heavy atom. The highest BCUT2D eigenvalue weighted by atomic mass is 19.1. The first-order valence-corrected chi connectivity index (χ1v) is 10.7. The maximum atomic E-state index is 13.5. The van der Waals surface area contributed by atoms with Crippen molar-refractivity contribution in [3.63, 3.8) is 0 Å². The molecule has 0 saturated carbocycles. The molecule has 2 aromatic carbocycles. The fraction of sp³-hybridized carbons (Fsp3) is 0.375. The Hall–Kier alpha value is -3.06. The molecule has 2 fully saturated rings. The summed E-state index contributed by atoms with van der Waals surface area (Å²) in [4.78, 5) is 21.8. The molecule has 5 rings (SSSR count). The molecular weight excluding hydrogens is 393 g/mol. The number of aromatic amines is 1. The number of amides is 1. The molecule has 2 saturated heterocycles. The van der Waals surface area contributed by atoms with Crippen LogP contribution in [0.2, 0.25) is 0 Å². The van der Waals surface area contributed by atoms with Gasteiger partial charge in [-0.1, -0.05) is 42.5 Å². The largest absolute Gasteiger partial charge is 0.341 e. The van der Waals surface area contributed by atoms with E-state index >= 15 is 0 Å². The number of halogens is 1. The second-order valence-electron chi connectivity index (χ2n) is 8.91. The van der Waals surface area contributed by atoms with Crippen LogP contribution >= 0.6 is 0 Å². The fourth-order valence-corrected chi connectivity index (χ4v) is 5.05. The monoisotopic (exact) mass is 419 g/mol. The minimum absolute atomic E-state index is 0.0407. The van der Waals surface area contributed by atoms with Crippen LogP contribution in [-0.2, 0) is 17.8 Å². The Bertz CT molecular complexity index is 1080. The molecule has 2 aliphatic rings. The van der Waals surface area contributed by atoms with E-state index in [-0.39, 0.29) is 29.5 Å². The van der Waals surface area contributed by atoms with Crippen LogP contribution in [-0.4, -0.2) is 57.1 Å². The van der Waals surface area contributed by atoms with E-state index in [4.69, 9.17) is 0 Å². The van der Waals surface area contributed by atoms with Crippen molar-refractivity contribution in [2.45, 2.75) is 25.8 Å². The fourth-order valence-electron chi connectivity index (χ4n) is 5.05. The van der Waals surface area contributed by atoms with Crippen molar-refractivity contribution in [2.75, 3.05) is 26.2 Å². The van der Waals surface area contributed by atoms with E-state index < -0.39 is 0 Å². The van der Waals surface area contributed by atoms with Crippen molar-refractivity contribution in [3.8, 4) is 0 Å². The zero-order chi connectivity index (χ0) is 21.4. The van der Waals surface area contributed by atoms with Crippen molar-refractivity contribution in [1.29, 1.82) is 0 Å². The molecule has 160 valence electrons. The first-order valence-electron chi connectivity index (χ1n) is 10.7. The van der Waals surface area contributed by atoms with E-state index in [1.54, 1.807) is 12.1 Å². The van der Waals surface area contributed by atoms with Gasteiger partial charge in [-0.2, -0.15) is 5.10 Å². The van der Waals surface area contributed by atoms with Gasteiger partial charge in [0, 0.05) is 44.1 Å². The highest BCUT2D eigenvalue weighted by Gasteiger charge is 2.56. The molecule has 2 aliphatic heterocycles. The summed E-state index contributed by atoms with van der Waals surface area (Å²) in [6.07, 6.45) is 0.228. The van der Waals surface area contributed by atoms with E-state index in [1.807, 2.05) is 17.9 Å². The Morgan fingerprint density at radius 3 is 2.61 bits per heavy atom. The number of rotatable bonds is 5. The summed E-state index contributed by atoms with van der Waals surface area (Å²) in [5.74, 6) is 1.56. The summed E-state index contributed by atoms with van der Waals surface area (Å²) in [5, 5.41) is 7.43. The Kier molecular flexibility index (Phi) is 5.06. The lowest BCUT2D eigenvalue weighted by atomic mass is 9.71. The van der Waals surface area contributed by atoms with E-state index in [1.165, 1.54) is 17.7 Å². The molecule has 1 N–H and O–H groups in total. The van der Waals surface area contributed by atoms with Crippen molar-refractivity contribution >= 4 is 5.91 Å². The average Bonchev–Trinajstić information content (AvgIpc) is 3.31. The maximum Gasteiger partial charge on any atom is 0.227 e. The van der Waals surface area contributed by atoms with E-state index in [0.29, 0.717) is 18.7 Å². The number of aryl methyl sites for hydroxylation is 1. The molecule has 1 aromatic heterocycles. The molecule has 1 spiro atoms. The number of hydrogen-bond acceptors (Lipinski definition) is 4. The number of aromatic nitrogens is 3. The topological polar surface area (TPSA) is 65.1 Å². The van der Waals surface area contributed by atoms with Crippen LogP contribution < -0.4 is 0 Å². The molecule has 6 nitrogen and oxygen atoms in total. The van der Waals surface area contributed by atoms with Gasteiger partial charge < -0.3 is 4.90 Å². The number of hydrogen-bond donors (Lipinski definition) is 1. The van der Waals surface area contributed by atoms with Gasteiger partial charge in [0.15, 0.2) is 5.82 Å². The van der Waals surface area contributed by atoms with Crippen LogP contribution in [0.15, 0.2) is 54.6 Å². The Morgan fingerprint density at radius 2 is 1.90 bits per heavy atom. The highest BCUT2D eigenvalue weighted by Crippen LogP contribution is 2.48. The van der Waals surface area contributed by atoms with Gasteiger partial charge in [0.1, 0.15) is 11.6 Å². The smallest absolute Gasteiger partial charge is 0.227 e. The van der Waals surface area contributed by atoms with Crippen molar-refractivity contribution in [1.82, 2.24) is 25.0 Å². The highest BCUT2D eigenvalue weighted by molar-refractivity contribution is 5.80. The number of H-pyrrole nitrogens is 1. The van der Waals surface area contributed by atoms with Crippen molar-refractivity contribution in [3.05, 3.63) is 83.2 Å². The lowest BCUT2D eigenvalue weighted by Gasteiger charge is -2.50. The molecular formula is C24H26FN5O. The molecule has 3 heterocycles. The predicted molar refractivity (Wildman–Crippen MR) is 115 cm³/mol. The van der Waals surface area contributed by atoms with Crippen LogP contribution in [0.5, 0.6) is 0 Å². The van der Waals surface area contributed by atoms with Gasteiger partial charge in [-0.05, 0) is 30.2 Å². The third-order valence-corrected chi connectivity index (χ3v) is 6.50. The number of likely N-dealkylation sites (tertiary alicyclic amines) is 2. The van der Waals surface area contributed by atoms with Crippen LogP contribution in [0.3, 0.4) is 0 Å². The van der Waals surface area contributed by atoms with Crippen LogP contribution in [0.25, 0.3) is 0 Å². The first kappa shape index (κ1) is 19.9. The van der Waals surface area contributed by atoms with Gasteiger partial charge >= 0.3 is 0 Å². The SMILES string of the molecule is Cc1nc(C2CN(Cc3ccccc3)CC23CN(C(=O)Cc2cccc(F)c2)C3)n[nH]1. The third kappa shape index (κ3) is 3.97. The molecule has 1 amide bonds. The number of nitrogens with zero attached hydrogens (tertiary/aromatic N) is 4. The van der Waals surface area contributed by atoms with Gasteiger partial charge in [-0.3, -0.25) is 14.8 Å². The van der Waals surface area contributed by atoms with Crippen molar-refractivity contribution < 1.29 is 9.18 Å². The molecule has 0 bridgehead atoms. The summed E-state index contributed by atoms with van der Waals surface area (Å²) >= 11 is 0. The predicted octanol–water partition coefficient (Wildman–Crippen LogP) is 2.92. The van der Waals surface area contributed by atoms with Gasteiger partial charge in [-0.15, -0.1) is 0 Å². The summed E-state index contributed by atoms with van der Waals surface area (Å²) < 4.78 is 13.5. The van der Waals surface area contributed by atoms with Crippen LogP contribution in [0.1, 0.15) is 28.7 Å². The van der Waals surface area contributed by atoms with Crippen LogP contribution in [0, 0.1) is 18.2 Å². The number of carbonyl (C=O) groups is 1. The molecule has 1 unspecified atom stereocenters. The average molecular weight is 420 g/mol. The summed E-state index contributed by atoms with van der Waals surface area (Å²) in [6.45, 7) is 5.94. The molecule has 0 aliphatic carbocycles. The molecule has 1 atom stereocenters. The quantitative estimate of drug-likeness (QED) is 0.691. The lowest BCUT2D eigenvalue weighted by molar-refractivity contribution is -0.142. The standard InChI is InChI=1S/C24H26FN5O/c1-17-26-23(28-27-17)21-13-29(12-18-6-3-2-4-7-18)14-24(21)15-30(16-24)22(31)11-19-8-5-9-20(25)10-19/h2-10,21H,11-16H2,1H3,(H,26,27,28). The summed E-state index contributed by atoms with van der Waals surface area (Å²) in [6, 6.07) is 16.7. The third-order valence-electron chi connectivity index (χ3n) is 6.50. The normalized spacial score (nSPS) is 20.2. The first-order chi connectivity index (χ1) is 15.0.